The molecule has 6 heteroatoms. The van der Waals surface area contributed by atoms with Gasteiger partial charge >= 0.3 is 0 Å². The standard InChI is InChI=1S/C16H20N2O3S/c1-3-15(19)18(10-12-5-4-8-21-12)16-17-13-9-11(20-2)6-7-14(13)22-16/h6-7,9,12H,3-5,8,10H2,1-2H3. The van der Waals surface area contributed by atoms with Gasteiger partial charge in [0.1, 0.15) is 5.75 Å². The first-order valence-corrected chi connectivity index (χ1v) is 8.39. The fourth-order valence-electron chi connectivity index (χ4n) is 2.61. The molecule has 118 valence electrons. The smallest absolute Gasteiger partial charge is 0.228 e. The highest BCUT2D eigenvalue weighted by atomic mass is 32.1. The summed E-state index contributed by atoms with van der Waals surface area (Å²) in [6.45, 7) is 3.25. The fourth-order valence-corrected chi connectivity index (χ4v) is 3.58. The Morgan fingerprint density at radius 2 is 2.41 bits per heavy atom. The molecule has 0 bridgehead atoms. The molecule has 3 rings (SSSR count). The molecule has 0 saturated carbocycles. The van der Waals surface area contributed by atoms with Crippen molar-refractivity contribution in [3.63, 3.8) is 0 Å². The molecule has 1 unspecified atom stereocenters. The molecule has 1 saturated heterocycles. The van der Waals surface area contributed by atoms with Gasteiger partial charge in [0.05, 0.1) is 30.0 Å². The number of rotatable bonds is 5. The molecule has 1 fully saturated rings. The summed E-state index contributed by atoms with van der Waals surface area (Å²) in [6.07, 6.45) is 2.66. The summed E-state index contributed by atoms with van der Waals surface area (Å²) in [6, 6.07) is 5.79. The van der Waals surface area contributed by atoms with E-state index in [1.54, 1.807) is 12.0 Å². The topological polar surface area (TPSA) is 51.7 Å². The molecule has 1 aliphatic heterocycles. The molecule has 22 heavy (non-hydrogen) atoms. The van der Waals surface area contributed by atoms with Crippen LogP contribution in [0.3, 0.4) is 0 Å². The predicted molar refractivity (Wildman–Crippen MR) is 87.8 cm³/mol. The molecular formula is C16H20N2O3S. The first-order valence-electron chi connectivity index (χ1n) is 7.57. The van der Waals surface area contributed by atoms with Gasteiger partial charge in [-0.1, -0.05) is 18.3 Å². The largest absolute Gasteiger partial charge is 0.497 e. The van der Waals surface area contributed by atoms with E-state index in [-0.39, 0.29) is 12.0 Å². The third kappa shape index (κ3) is 3.08. The summed E-state index contributed by atoms with van der Waals surface area (Å²) in [5.74, 6) is 0.860. The van der Waals surface area contributed by atoms with E-state index in [1.807, 2.05) is 25.1 Å². The second kappa shape index (κ2) is 6.62. The van der Waals surface area contributed by atoms with Gasteiger partial charge in [0.15, 0.2) is 5.13 Å². The van der Waals surface area contributed by atoms with Crippen LogP contribution < -0.4 is 9.64 Å². The highest BCUT2D eigenvalue weighted by molar-refractivity contribution is 7.22. The molecule has 1 aliphatic rings. The number of benzene rings is 1. The van der Waals surface area contributed by atoms with E-state index in [0.717, 1.165) is 40.5 Å². The summed E-state index contributed by atoms with van der Waals surface area (Å²) in [5, 5.41) is 0.741. The second-order valence-corrected chi connectivity index (χ2v) is 6.33. The Morgan fingerprint density at radius 1 is 1.55 bits per heavy atom. The van der Waals surface area contributed by atoms with E-state index in [2.05, 4.69) is 4.98 Å². The average molecular weight is 320 g/mol. The number of methoxy groups -OCH3 is 1. The van der Waals surface area contributed by atoms with Crippen molar-refractivity contribution >= 4 is 32.6 Å². The molecule has 2 heterocycles. The van der Waals surface area contributed by atoms with Crippen LogP contribution >= 0.6 is 11.3 Å². The third-order valence-corrected chi connectivity index (χ3v) is 4.89. The van der Waals surface area contributed by atoms with Crippen molar-refractivity contribution < 1.29 is 14.3 Å². The molecule has 1 atom stereocenters. The molecule has 5 nitrogen and oxygen atoms in total. The highest BCUT2D eigenvalue weighted by Gasteiger charge is 2.25. The molecule has 1 aromatic heterocycles. The van der Waals surface area contributed by atoms with Crippen LogP contribution in [0.4, 0.5) is 5.13 Å². The Morgan fingerprint density at radius 3 is 3.09 bits per heavy atom. The van der Waals surface area contributed by atoms with Crippen molar-refractivity contribution in [1.29, 1.82) is 0 Å². The minimum atomic E-state index is 0.0847. The van der Waals surface area contributed by atoms with Crippen LogP contribution in [0, 0.1) is 0 Å². The molecule has 0 aliphatic carbocycles. The summed E-state index contributed by atoms with van der Waals surface area (Å²) < 4.78 is 12.0. The van der Waals surface area contributed by atoms with Crippen molar-refractivity contribution in [2.24, 2.45) is 0 Å². The van der Waals surface area contributed by atoms with E-state index in [4.69, 9.17) is 9.47 Å². The van der Waals surface area contributed by atoms with Gasteiger partial charge in [-0.15, -0.1) is 0 Å². The lowest BCUT2D eigenvalue weighted by Crippen LogP contribution is -2.37. The van der Waals surface area contributed by atoms with Gasteiger partial charge in [-0.25, -0.2) is 4.98 Å². The van der Waals surface area contributed by atoms with Gasteiger partial charge < -0.3 is 9.47 Å². The summed E-state index contributed by atoms with van der Waals surface area (Å²) in [5.41, 5.74) is 0.862. The summed E-state index contributed by atoms with van der Waals surface area (Å²) in [7, 11) is 1.64. The Kier molecular flexibility index (Phi) is 4.59. The first kappa shape index (κ1) is 15.2. The Hall–Kier alpha value is -1.66. The minimum Gasteiger partial charge on any atom is -0.497 e. The lowest BCUT2D eigenvalue weighted by atomic mass is 10.2. The minimum absolute atomic E-state index is 0.0847. The Labute approximate surface area is 133 Å². The molecule has 0 spiro atoms. The lowest BCUT2D eigenvalue weighted by molar-refractivity contribution is -0.118. The van der Waals surface area contributed by atoms with E-state index in [9.17, 15) is 4.79 Å². The van der Waals surface area contributed by atoms with Crippen molar-refractivity contribution in [1.82, 2.24) is 4.98 Å². The third-order valence-electron chi connectivity index (χ3n) is 3.83. The number of carbonyl (C=O) groups is 1. The summed E-state index contributed by atoms with van der Waals surface area (Å²) >= 11 is 1.53. The van der Waals surface area contributed by atoms with Crippen LogP contribution in [0.1, 0.15) is 26.2 Å². The maximum absolute atomic E-state index is 12.3. The second-order valence-electron chi connectivity index (χ2n) is 5.32. The van der Waals surface area contributed by atoms with Crippen LogP contribution in [-0.4, -0.2) is 37.3 Å². The zero-order valence-electron chi connectivity index (χ0n) is 12.9. The molecular weight excluding hydrogens is 300 g/mol. The average Bonchev–Trinajstić information content (AvgIpc) is 3.19. The fraction of sp³-hybridized carbons (Fsp3) is 0.500. The molecule has 0 N–H and O–H groups in total. The van der Waals surface area contributed by atoms with Crippen LogP contribution in [0.5, 0.6) is 5.75 Å². The quantitative estimate of drug-likeness (QED) is 0.849. The zero-order valence-corrected chi connectivity index (χ0v) is 13.7. The van der Waals surface area contributed by atoms with Gasteiger partial charge in [-0.05, 0) is 25.0 Å². The van der Waals surface area contributed by atoms with Gasteiger partial charge in [-0.2, -0.15) is 0 Å². The Bertz CT molecular complexity index is 664. The lowest BCUT2D eigenvalue weighted by Gasteiger charge is -2.22. The van der Waals surface area contributed by atoms with Gasteiger partial charge in [0.25, 0.3) is 0 Å². The normalized spacial score (nSPS) is 17.8. The van der Waals surface area contributed by atoms with E-state index in [1.165, 1.54) is 11.3 Å². The highest BCUT2D eigenvalue weighted by Crippen LogP contribution is 2.32. The van der Waals surface area contributed by atoms with Gasteiger partial charge in [-0.3, -0.25) is 9.69 Å². The van der Waals surface area contributed by atoms with Crippen LogP contribution in [0.2, 0.25) is 0 Å². The van der Waals surface area contributed by atoms with Crippen molar-refractivity contribution in [2.45, 2.75) is 32.3 Å². The first-order chi connectivity index (χ1) is 10.7. The molecule has 2 aromatic rings. The maximum atomic E-state index is 12.3. The number of ether oxygens (including phenoxy) is 2. The maximum Gasteiger partial charge on any atom is 0.228 e. The van der Waals surface area contributed by atoms with Crippen molar-refractivity contribution in [3.05, 3.63) is 18.2 Å². The van der Waals surface area contributed by atoms with E-state index < -0.39 is 0 Å². The predicted octanol–water partition coefficient (Wildman–Crippen LogP) is 3.23. The number of carbonyl (C=O) groups excluding carboxylic acids is 1. The number of amides is 1. The number of fused-ring (bicyclic) bond motifs is 1. The Balaban J connectivity index is 1.90. The van der Waals surface area contributed by atoms with Crippen LogP contribution in [0.15, 0.2) is 18.2 Å². The zero-order chi connectivity index (χ0) is 15.5. The van der Waals surface area contributed by atoms with Gasteiger partial charge in [0, 0.05) is 19.1 Å². The monoisotopic (exact) mass is 320 g/mol. The van der Waals surface area contributed by atoms with Crippen molar-refractivity contribution in [2.75, 3.05) is 25.2 Å². The van der Waals surface area contributed by atoms with E-state index >= 15 is 0 Å². The molecule has 0 radical (unpaired) electrons. The summed E-state index contributed by atoms with van der Waals surface area (Å²) in [4.78, 5) is 18.7. The molecule has 1 amide bonds. The number of hydrogen-bond donors (Lipinski definition) is 0. The SMILES string of the molecule is CCC(=O)N(CC1CCCO1)c1nc2cc(OC)ccc2s1. The van der Waals surface area contributed by atoms with Crippen LogP contribution in [-0.2, 0) is 9.53 Å². The van der Waals surface area contributed by atoms with Crippen LogP contribution in [0.25, 0.3) is 10.2 Å². The van der Waals surface area contributed by atoms with Gasteiger partial charge in [0.2, 0.25) is 5.91 Å². The van der Waals surface area contributed by atoms with Crippen molar-refractivity contribution in [3.8, 4) is 5.75 Å². The number of thiazole rings is 1. The molecule has 1 aromatic carbocycles. The van der Waals surface area contributed by atoms with E-state index in [0.29, 0.717) is 13.0 Å². The number of nitrogens with zero attached hydrogens (tertiary/aromatic N) is 2. The number of anilines is 1. The number of aromatic nitrogens is 1. The number of hydrogen-bond acceptors (Lipinski definition) is 5.